The van der Waals surface area contributed by atoms with Crippen LogP contribution in [0, 0.1) is 16.5 Å². The SMILES string of the molecule is N#CCc1cccc2sc(F)c(N)c12. The van der Waals surface area contributed by atoms with E-state index in [1.54, 1.807) is 12.1 Å². The molecule has 14 heavy (non-hydrogen) atoms. The molecule has 0 amide bonds. The van der Waals surface area contributed by atoms with Crippen LogP contribution in [0.5, 0.6) is 0 Å². The number of fused-ring (bicyclic) bond motifs is 1. The lowest BCUT2D eigenvalue weighted by molar-refractivity contribution is 0.662. The van der Waals surface area contributed by atoms with Crippen molar-refractivity contribution in [2.45, 2.75) is 6.42 Å². The van der Waals surface area contributed by atoms with E-state index in [-0.39, 0.29) is 17.2 Å². The van der Waals surface area contributed by atoms with Crippen molar-refractivity contribution in [1.29, 1.82) is 5.26 Å². The third-order valence-corrected chi connectivity index (χ3v) is 3.02. The summed E-state index contributed by atoms with van der Waals surface area (Å²) in [5, 5.41) is 8.92. The highest BCUT2D eigenvalue weighted by Gasteiger charge is 2.11. The molecule has 0 unspecified atom stereocenters. The first kappa shape index (κ1) is 8.97. The van der Waals surface area contributed by atoms with Crippen molar-refractivity contribution in [2.24, 2.45) is 0 Å². The Kier molecular flexibility index (Phi) is 2.10. The fraction of sp³-hybridized carbons (Fsp3) is 0.100. The summed E-state index contributed by atoms with van der Waals surface area (Å²) in [5.41, 5.74) is 6.55. The lowest BCUT2D eigenvalue weighted by Gasteiger charge is -1.98. The van der Waals surface area contributed by atoms with Crippen LogP contribution in [0.25, 0.3) is 10.1 Å². The molecule has 0 aliphatic carbocycles. The van der Waals surface area contributed by atoms with Crippen LogP contribution in [0.4, 0.5) is 10.1 Å². The maximum Gasteiger partial charge on any atom is 0.200 e. The smallest absolute Gasteiger partial charge is 0.200 e. The predicted molar refractivity (Wildman–Crippen MR) is 55.5 cm³/mol. The molecule has 0 saturated heterocycles. The molecular formula is C10H7FN2S. The van der Waals surface area contributed by atoms with E-state index in [1.165, 1.54) is 0 Å². The second-order valence-electron chi connectivity index (χ2n) is 2.91. The predicted octanol–water partition coefficient (Wildman–Crippen LogP) is 2.69. The van der Waals surface area contributed by atoms with Crippen molar-refractivity contribution in [2.75, 3.05) is 5.73 Å². The molecule has 70 valence electrons. The van der Waals surface area contributed by atoms with Gasteiger partial charge in [0, 0.05) is 10.1 Å². The lowest BCUT2D eigenvalue weighted by Crippen LogP contribution is -1.89. The molecule has 1 aromatic heterocycles. The maximum absolute atomic E-state index is 13.2. The summed E-state index contributed by atoms with van der Waals surface area (Å²) in [7, 11) is 0. The van der Waals surface area contributed by atoms with E-state index in [0.29, 0.717) is 5.39 Å². The summed E-state index contributed by atoms with van der Waals surface area (Å²) < 4.78 is 14.0. The summed E-state index contributed by atoms with van der Waals surface area (Å²) in [5.74, 6) is 0. The number of benzene rings is 1. The van der Waals surface area contributed by atoms with E-state index in [2.05, 4.69) is 0 Å². The van der Waals surface area contributed by atoms with Gasteiger partial charge in [-0.15, -0.1) is 11.3 Å². The summed E-state index contributed by atoms with van der Waals surface area (Å²) in [6.45, 7) is 0. The number of halogens is 1. The van der Waals surface area contributed by atoms with Gasteiger partial charge in [-0.3, -0.25) is 0 Å². The highest BCUT2D eigenvalue weighted by Crippen LogP contribution is 2.34. The normalized spacial score (nSPS) is 10.3. The standard InChI is InChI=1S/C10H7FN2S/c11-10-9(13)8-6(4-5-12)2-1-3-7(8)14-10/h1-3H,4,13H2. The highest BCUT2D eigenvalue weighted by molar-refractivity contribution is 7.18. The molecule has 0 fully saturated rings. The van der Waals surface area contributed by atoms with Crippen LogP contribution in [0.2, 0.25) is 0 Å². The fourth-order valence-electron chi connectivity index (χ4n) is 1.45. The number of thiophene rings is 1. The van der Waals surface area contributed by atoms with Crippen LogP contribution in [0.15, 0.2) is 18.2 Å². The van der Waals surface area contributed by atoms with Crippen LogP contribution in [-0.4, -0.2) is 0 Å². The number of hydrogen-bond acceptors (Lipinski definition) is 3. The van der Waals surface area contributed by atoms with Gasteiger partial charge in [0.2, 0.25) is 5.13 Å². The van der Waals surface area contributed by atoms with Gasteiger partial charge in [0.05, 0.1) is 18.2 Å². The molecule has 0 bridgehead atoms. The van der Waals surface area contributed by atoms with Crippen molar-refractivity contribution in [3.8, 4) is 6.07 Å². The molecule has 1 heterocycles. The average Bonchev–Trinajstić information content (AvgIpc) is 2.45. The van der Waals surface area contributed by atoms with Gasteiger partial charge in [-0.1, -0.05) is 12.1 Å². The number of nitrogens with zero attached hydrogens (tertiary/aromatic N) is 1. The Morgan fingerprint density at radius 3 is 3.00 bits per heavy atom. The molecule has 0 aliphatic rings. The second kappa shape index (κ2) is 3.28. The first-order chi connectivity index (χ1) is 6.74. The van der Waals surface area contributed by atoms with Crippen LogP contribution in [0.1, 0.15) is 5.56 Å². The first-order valence-electron chi connectivity index (χ1n) is 4.06. The van der Waals surface area contributed by atoms with Crippen molar-refractivity contribution < 1.29 is 4.39 Å². The molecule has 4 heteroatoms. The molecular weight excluding hydrogens is 199 g/mol. The van der Waals surface area contributed by atoms with E-state index in [4.69, 9.17) is 11.0 Å². The Bertz CT molecular complexity index is 525. The van der Waals surface area contributed by atoms with Crippen LogP contribution in [-0.2, 0) is 6.42 Å². The monoisotopic (exact) mass is 206 g/mol. The van der Waals surface area contributed by atoms with E-state index in [0.717, 1.165) is 21.6 Å². The van der Waals surface area contributed by atoms with Crippen molar-refractivity contribution in [1.82, 2.24) is 0 Å². The minimum Gasteiger partial charge on any atom is -0.395 e. The minimum atomic E-state index is -0.370. The van der Waals surface area contributed by atoms with Gasteiger partial charge in [0.1, 0.15) is 0 Å². The number of rotatable bonds is 1. The Balaban J connectivity index is 2.79. The van der Waals surface area contributed by atoms with Gasteiger partial charge < -0.3 is 5.73 Å². The number of anilines is 1. The molecule has 0 radical (unpaired) electrons. The van der Waals surface area contributed by atoms with Crippen LogP contribution >= 0.6 is 11.3 Å². The summed E-state index contributed by atoms with van der Waals surface area (Å²) in [4.78, 5) is 0. The molecule has 0 atom stereocenters. The van der Waals surface area contributed by atoms with Crippen LogP contribution < -0.4 is 5.73 Å². The maximum atomic E-state index is 13.2. The third kappa shape index (κ3) is 1.22. The van der Waals surface area contributed by atoms with Gasteiger partial charge in [0.15, 0.2) is 0 Å². The average molecular weight is 206 g/mol. The van der Waals surface area contributed by atoms with Crippen molar-refractivity contribution in [3.63, 3.8) is 0 Å². The molecule has 0 aliphatic heterocycles. The molecule has 2 rings (SSSR count). The Morgan fingerprint density at radius 2 is 2.29 bits per heavy atom. The van der Waals surface area contributed by atoms with Crippen molar-refractivity contribution in [3.05, 3.63) is 28.9 Å². The summed E-state index contributed by atoms with van der Waals surface area (Å²) in [6, 6.07) is 7.45. The van der Waals surface area contributed by atoms with Crippen molar-refractivity contribution >= 4 is 27.1 Å². The molecule has 0 spiro atoms. The van der Waals surface area contributed by atoms with E-state index >= 15 is 0 Å². The highest BCUT2D eigenvalue weighted by atomic mass is 32.1. The lowest BCUT2D eigenvalue weighted by atomic mass is 10.1. The number of nitrogens with two attached hydrogens (primary N) is 1. The molecule has 1 aromatic carbocycles. The minimum absolute atomic E-state index is 0.163. The molecule has 2 N–H and O–H groups in total. The molecule has 2 nitrogen and oxygen atoms in total. The van der Waals surface area contributed by atoms with E-state index in [9.17, 15) is 4.39 Å². The molecule has 2 aromatic rings. The van der Waals surface area contributed by atoms with Gasteiger partial charge in [-0.05, 0) is 11.6 Å². The Morgan fingerprint density at radius 1 is 1.50 bits per heavy atom. The number of nitriles is 1. The third-order valence-electron chi connectivity index (χ3n) is 2.06. The van der Waals surface area contributed by atoms with Gasteiger partial charge >= 0.3 is 0 Å². The Hall–Kier alpha value is -1.60. The van der Waals surface area contributed by atoms with Gasteiger partial charge in [-0.2, -0.15) is 9.65 Å². The molecule has 0 saturated carbocycles. The quantitative estimate of drug-likeness (QED) is 0.779. The summed E-state index contributed by atoms with van der Waals surface area (Å²) in [6.07, 6.45) is 0.262. The zero-order valence-electron chi connectivity index (χ0n) is 7.25. The van der Waals surface area contributed by atoms with Crippen LogP contribution in [0.3, 0.4) is 0 Å². The first-order valence-corrected chi connectivity index (χ1v) is 4.88. The van der Waals surface area contributed by atoms with E-state index < -0.39 is 0 Å². The van der Waals surface area contributed by atoms with Gasteiger partial charge in [-0.25, -0.2) is 0 Å². The zero-order valence-corrected chi connectivity index (χ0v) is 8.07. The summed E-state index contributed by atoms with van der Waals surface area (Å²) >= 11 is 1.02. The second-order valence-corrected chi connectivity index (χ2v) is 3.92. The Labute approximate surface area is 84.4 Å². The number of nitrogen functional groups attached to an aromatic ring is 1. The zero-order chi connectivity index (χ0) is 10.1. The number of hydrogen-bond donors (Lipinski definition) is 1. The topological polar surface area (TPSA) is 49.8 Å². The fourth-order valence-corrected chi connectivity index (χ4v) is 2.34. The largest absolute Gasteiger partial charge is 0.395 e. The van der Waals surface area contributed by atoms with Gasteiger partial charge in [0.25, 0.3) is 0 Å². The van der Waals surface area contributed by atoms with E-state index in [1.807, 2.05) is 12.1 Å².